The number of rotatable bonds is 10. The van der Waals surface area contributed by atoms with E-state index in [4.69, 9.17) is 18.9 Å². The lowest BCUT2D eigenvalue weighted by Gasteiger charge is -2.19. The molecule has 0 aliphatic rings. The first-order valence-corrected chi connectivity index (χ1v) is 9.60. The van der Waals surface area contributed by atoms with Crippen LogP contribution in [-0.2, 0) is 19.1 Å². The number of hydrogen-bond acceptors (Lipinski definition) is 6. The Balaban J connectivity index is 2.15. The van der Waals surface area contributed by atoms with E-state index in [-0.39, 0.29) is 37.0 Å². The van der Waals surface area contributed by atoms with Crippen LogP contribution >= 0.6 is 0 Å². The van der Waals surface area contributed by atoms with Gasteiger partial charge in [0.05, 0.1) is 26.1 Å². The zero-order chi connectivity index (χ0) is 20.5. The molecule has 0 aliphatic carbocycles. The van der Waals surface area contributed by atoms with Gasteiger partial charge in [-0.15, -0.1) is 0 Å². The molecule has 2 unspecified atom stereocenters. The van der Waals surface area contributed by atoms with E-state index in [0.29, 0.717) is 24.7 Å². The first kappa shape index (κ1) is 21.5. The predicted molar refractivity (Wildman–Crippen MR) is 107 cm³/mol. The molecule has 0 aliphatic heterocycles. The minimum atomic E-state index is -0.322. The van der Waals surface area contributed by atoms with Crippen molar-refractivity contribution in [2.24, 2.45) is 0 Å². The summed E-state index contributed by atoms with van der Waals surface area (Å²) in [6.45, 7) is 7.92. The Morgan fingerprint density at radius 3 is 1.50 bits per heavy atom. The maximum atomic E-state index is 11.7. The van der Waals surface area contributed by atoms with E-state index in [1.54, 1.807) is 13.8 Å². The normalized spacial score (nSPS) is 12.9. The van der Waals surface area contributed by atoms with Gasteiger partial charge in [-0.05, 0) is 39.8 Å². The largest absolute Gasteiger partial charge is 0.489 e. The van der Waals surface area contributed by atoms with Gasteiger partial charge in [0.1, 0.15) is 23.7 Å². The maximum Gasteiger partial charge on any atom is 0.309 e. The molecule has 152 valence electrons. The second-order valence-corrected chi connectivity index (χ2v) is 6.48. The summed E-state index contributed by atoms with van der Waals surface area (Å²) in [5, 5.41) is 1.75. The van der Waals surface area contributed by atoms with Crippen LogP contribution in [0.15, 0.2) is 36.4 Å². The standard InChI is InChI=1S/C22H28O6/c1-5-25-21(23)13-15(3)27-19-11-12-20(18-10-8-7-9-17(18)19)28-16(4)14-22(24)26-6-2/h7-12,15-16H,5-6,13-14H2,1-4H3. The highest BCUT2D eigenvalue weighted by Gasteiger charge is 2.16. The summed E-state index contributed by atoms with van der Waals surface area (Å²) in [6.07, 6.45) is -0.289. The molecule has 0 amide bonds. The van der Waals surface area contributed by atoms with Crippen LogP contribution in [0.3, 0.4) is 0 Å². The molecule has 6 nitrogen and oxygen atoms in total. The Morgan fingerprint density at radius 1 is 0.750 bits per heavy atom. The van der Waals surface area contributed by atoms with E-state index in [0.717, 1.165) is 10.8 Å². The molecule has 0 bridgehead atoms. The van der Waals surface area contributed by atoms with Crippen molar-refractivity contribution in [1.82, 2.24) is 0 Å². The Labute approximate surface area is 165 Å². The van der Waals surface area contributed by atoms with Gasteiger partial charge in [-0.1, -0.05) is 24.3 Å². The van der Waals surface area contributed by atoms with E-state index in [1.807, 2.05) is 50.2 Å². The van der Waals surface area contributed by atoms with Gasteiger partial charge in [0.15, 0.2) is 0 Å². The fourth-order valence-electron chi connectivity index (χ4n) is 2.88. The van der Waals surface area contributed by atoms with Crippen LogP contribution in [-0.4, -0.2) is 37.4 Å². The monoisotopic (exact) mass is 388 g/mol. The molecule has 2 rings (SSSR count). The Kier molecular flexibility index (Phi) is 8.11. The minimum Gasteiger partial charge on any atom is -0.489 e. The molecule has 2 aromatic carbocycles. The summed E-state index contributed by atoms with van der Waals surface area (Å²) in [5.41, 5.74) is 0. The van der Waals surface area contributed by atoms with Gasteiger partial charge in [-0.25, -0.2) is 0 Å². The molecule has 0 aromatic heterocycles. The lowest BCUT2D eigenvalue weighted by atomic mass is 10.1. The van der Waals surface area contributed by atoms with Crippen LogP contribution < -0.4 is 9.47 Å². The first-order chi connectivity index (χ1) is 13.4. The molecule has 0 saturated carbocycles. The lowest BCUT2D eigenvalue weighted by Crippen LogP contribution is -2.19. The van der Waals surface area contributed by atoms with Crippen molar-refractivity contribution in [2.75, 3.05) is 13.2 Å². The fourth-order valence-corrected chi connectivity index (χ4v) is 2.88. The second kappa shape index (κ2) is 10.5. The molecular weight excluding hydrogens is 360 g/mol. The van der Waals surface area contributed by atoms with Gasteiger partial charge in [-0.3, -0.25) is 9.59 Å². The van der Waals surface area contributed by atoms with E-state index < -0.39 is 0 Å². The molecule has 2 aromatic rings. The van der Waals surface area contributed by atoms with Crippen LogP contribution in [0, 0.1) is 0 Å². The summed E-state index contributed by atoms with van der Waals surface area (Å²) in [4.78, 5) is 23.3. The van der Waals surface area contributed by atoms with Crippen molar-refractivity contribution in [3.05, 3.63) is 36.4 Å². The third kappa shape index (κ3) is 6.15. The summed E-state index contributed by atoms with van der Waals surface area (Å²) in [7, 11) is 0. The van der Waals surface area contributed by atoms with Gasteiger partial charge in [0, 0.05) is 10.8 Å². The van der Waals surface area contributed by atoms with Gasteiger partial charge < -0.3 is 18.9 Å². The Hall–Kier alpha value is -2.76. The van der Waals surface area contributed by atoms with Crippen LogP contribution in [0.4, 0.5) is 0 Å². The molecule has 2 atom stereocenters. The third-order valence-corrected chi connectivity index (χ3v) is 4.02. The number of benzene rings is 2. The summed E-state index contributed by atoms with van der Waals surface area (Å²) in [6, 6.07) is 11.3. The summed E-state index contributed by atoms with van der Waals surface area (Å²) in [5.74, 6) is 0.759. The summed E-state index contributed by atoms with van der Waals surface area (Å²) < 4.78 is 21.9. The van der Waals surface area contributed by atoms with E-state index >= 15 is 0 Å². The SMILES string of the molecule is CCOC(=O)CC(C)Oc1ccc(OC(C)CC(=O)OCC)c2ccccc12. The van der Waals surface area contributed by atoms with Gasteiger partial charge in [-0.2, -0.15) is 0 Å². The van der Waals surface area contributed by atoms with Crippen LogP contribution in [0.1, 0.15) is 40.5 Å². The molecule has 0 radical (unpaired) electrons. The zero-order valence-corrected chi connectivity index (χ0v) is 16.9. The quantitative estimate of drug-likeness (QED) is 0.566. The van der Waals surface area contributed by atoms with Gasteiger partial charge in [0.25, 0.3) is 0 Å². The van der Waals surface area contributed by atoms with Crippen molar-refractivity contribution in [2.45, 2.75) is 52.7 Å². The van der Waals surface area contributed by atoms with Crippen molar-refractivity contribution < 1.29 is 28.5 Å². The smallest absolute Gasteiger partial charge is 0.309 e. The topological polar surface area (TPSA) is 71.1 Å². The van der Waals surface area contributed by atoms with Crippen molar-refractivity contribution in [3.8, 4) is 11.5 Å². The van der Waals surface area contributed by atoms with Crippen LogP contribution in [0.2, 0.25) is 0 Å². The first-order valence-electron chi connectivity index (χ1n) is 9.60. The molecule has 28 heavy (non-hydrogen) atoms. The average molecular weight is 388 g/mol. The van der Waals surface area contributed by atoms with Gasteiger partial charge >= 0.3 is 11.9 Å². The van der Waals surface area contributed by atoms with E-state index in [1.165, 1.54) is 0 Å². The van der Waals surface area contributed by atoms with E-state index in [2.05, 4.69) is 0 Å². The molecule has 0 fully saturated rings. The van der Waals surface area contributed by atoms with Crippen LogP contribution in [0.25, 0.3) is 10.8 Å². The number of ether oxygens (including phenoxy) is 4. The molecular formula is C22H28O6. The lowest BCUT2D eigenvalue weighted by molar-refractivity contribution is -0.145. The number of carbonyl (C=O) groups excluding carboxylic acids is 2. The Bertz CT molecular complexity index is 734. The average Bonchev–Trinajstić information content (AvgIpc) is 2.64. The molecule has 0 spiro atoms. The molecule has 6 heteroatoms. The van der Waals surface area contributed by atoms with Crippen molar-refractivity contribution >= 4 is 22.7 Å². The minimum absolute atomic E-state index is 0.178. The molecule has 0 saturated heterocycles. The highest BCUT2D eigenvalue weighted by atomic mass is 16.5. The summed E-state index contributed by atoms with van der Waals surface area (Å²) >= 11 is 0. The van der Waals surface area contributed by atoms with Gasteiger partial charge in [0.2, 0.25) is 0 Å². The van der Waals surface area contributed by atoms with Crippen molar-refractivity contribution in [1.29, 1.82) is 0 Å². The zero-order valence-electron chi connectivity index (χ0n) is 16.9. The second-order valence-electron chi connectivity index (χ2n) is 6.48. The van der Waals surface area contributed by atoms with E-state index in [9.17, 15) is 9.59 Å². The highest BCUT2D eigenvalue weighted by Crippen LogP contribution is 2.34. The number of esters is 2. The molecule has 0 heterocycles. The fraction of sp³-hybridized carbons (Fsp3) is 0.455. The maximum absolute atomic E-state index is 11.7. The third-order valence-electron chi connectivity index (χ3n) is 4.02. The highest BCUT2D eigenvalue weighted by molar-refractivity contribution is 5.93. The number of carbonyl (C=O) groups is 2. The number of fused-ring (bicyclic) bond motifs is 1. The number of hydrogen-bond donors (Lipinski definition) is 0. The van der Waals surface area contributed by atoms with Crippen LogP contribution in [0.5, 0.6) is 11.5 Å². The van der Waals surface area contributed by atoms with Crippen molar-refractivity contribution in [3.63, 3.8) is 0 Å². The Morgan fingerprint density at radius 2 is 1.14 bits per heavy atom. The molecule has 0 N–H and O–H groups in total. The predicted octanol–water partition coefficient (Wildman–Crippen LogP) is 4.28.